The summed E-state index contributed by atoms with van der Waals surface area (Å²) < 4.78 is 5.48. The first-order chi connectivity index (χ1) is 11.8. The number of aliphatic hydroxyl groups excluding tert-OH is 1. The molecule has 4 heteroatoms. The Bertz CT molecular complexity index is 666. The number of esters is 1. The summed E-state index contributed by atoms with van der Waals surface area (Å²) in [6, 6.07) is 0. The van der Waals surface area contributed by atoms with Crippen LogP contribution < -0.4 is 5.73 Å². The number of allylic oxidation sites excluding steroid dienone is 4. The van der Waals surface area contributed by atoms with Crippen LogP contribution in [0.4, 0.5) is 0 Å². The molecule has 0 spiro atoms. The topological polar surface area (TPSA) is 72.5 Å². The van der Waals surface area contributed by atoms with E-state index in [0.29, 0.717) is 29.4 Å². The van der Waals surface area contributed by atoms with Crippen molar-refractivity contribution in [3.05, 3.63) is 23.3 Å². The van der Waals surface area contributed by atoms with Gasteiger partial charge in [0.25, 0.3) is 0 Å². The molecule has 2 saturated carbocycles. The molecule has 0 aromatic carbocycles. The van der Waals surface area contributed by atoms with Gasteiger partial charge in [-0.05, 0) is 67.3 Å². The summed E-state index contributed by atoms with van der Waals surface area (Å²) >= 11 is 0. The highest BCUT2D eigenvalue weighted by atomic mass is 16.5. The van der Waals surface area contributed by atoms with Crippen LogP contribution in [-0.4, -0.2) is 11.1 Å². The third-order valence-corrected chi connectivity index (χ3v) is 8.23. The number of nitrogens with two attached hydrogens (primary N) is 1. The van der Waals surface area contributed by atoms with Crippen LogP contribution in [0.2, 0.25) is 0 Å². The van der Waals surface area contributed by atoms with Gasteiger partial charge in [-0.3, -0.25) is 4.79 Å². The maximum Gasteiger partial charge on any atom is 0.307 e. The van der Waals surface area contributed by atoms with Gasteiger partial charge in [0, 0.05) is 25.2 Å². The second kappa shape index (κ2) is 5.52. The normalized spacial score (nSPS) is 46.0. The predicted octanol–water partition coefficient (Wildman–Crippen LogP) is 4.42. The highest BCUT2D eigenvalue weighted by molar-refractivity contribution is 5.67. The SMILES string of the molecule is CC(=O)OC1=C(N)[C@@]2(C)CC[C@H]3[C@@H](CCC4C=C(O)CC[C@@]43C)[C@@H]2C1. The smallest absolute Gasteiger partial charge is 0.307 e. The summed E-state index contributed by atoms with van der Waals surface area (Å²) in [7, 11) is 0. The van der Waals surface area contributed by atoms with E-state index in [-0.39, 0.29) is 16.8 Å². The van der Waals surface area contributed by atoms with Gasteiger partial charge in [-0.2, -0.15) is 0 Å². The fraction of sp³-hybridized carbons (Fsp3) is 0.762. The molecule has 0 aromatic rings. The van der Waals surface area contributed by atoms with Crippen LogP contribution in [0.3, 0.4) is 0 Å². The maximum atomic E-state index is 11.5. The monoisotopic (exact) mass is 345 g/mol. The number of hydrogen-bond donors (Lipinski definition) is 2. The van der Waals surface area contributed by atoms with E-state index in [9.17, 15) is 9.90 Å². The third-order valence-electron chi connectivity index (χ3n) is 8.23. The van der Waals surface area contributed by atoms with Gasteiger partial charge in [0.05, 0.1) is 11.5 Å². The lowest BCUT2D eigenvalue weighted by molar-refractivity contribution is -0.137. The number of carbonyl (C=O) groups excluding carboxylic acids is 1. The second-order valence-electron chi connectivity index (χ2n) is 9.32. The lowest BCUT2D eigenvalue weighted by Crippen LogP contribution is -2.52. The summed E-state index contributed by atoms with van der Waals surface area (Å²) in [6.07, 6.45) is 9.46. The average Bonchev–Trinajstić information content (AvgIpc) is 2.79. The van der Waals surface area contributed by atoms with Gasteiger partial charge in [-0.25, -0.2) is 0 Å². The first-order valence-electron chi connectivity index (χ1n) is 9.83. The molecule has 0 bridgehead atoms. The Morgan fingerprint density at radius 1 is 1.24 bits per heavy atom. The molecule has 138 valence electrons. The Kier molecular flexibility index (Phi) is 3.75. The molecule has 2 fully saturated rings. The van der Waals surface area contributed by atoms with Crippen molar-refractivity contribution in [1.29, 1.82) is 0 Å². The van der Waals surface area contributed by atoms with Gasteiger partial charge in [0.2, 0.25) is 0 Å². The maximum absolute atomic E-state index is 11.5. The molecule has 4 rings (SSSR count). The van der Waals surface area contributed by atoms with E-state index in [1.165, 1.54) is 19.8 Å². The van der Waals surface area contributed by atoms with Crippen molar-refractivity contribution in [2.45, 2.75) is 65.7 Å². The Balaban J connectivity index is 1.63. The molecule has 4 aliphatic rings. The zero-order valence-corrected chi connectivity index (χ0v) is 15.7. The minimum Gasteiger partial charge on any atom is -0.513 e. The Labute approximate surface area is 150 Å². The standard InChI is InChI=1S/C21H31NO3/c1-12(23)25-18-11-17-15-5-4-13-10-14(24)6-8-20(13,2)16(15)7-9-21(17,3)19(18)22/h10,13,15-17,24H,4-9,11,22H2,1-3H3/t13?,15-,16+,17+,20+,21+/m1/s1. The number of rotatable bonds is 1. The Morgan fingerprint density at radius 2 is 2.00 bits per heavy atom. The fourth-order valence-corrected chi connectivity index (χ4v) is 6.77. The van der Waals surface area contributed by atoms with Crippen LogP contribution in [0, 0.1) is 34.5 Å². The van der Waals surface area contributed by atoms with Crippen LogP contribution in [0.1, 0.15) is 65.7 Å². The molecular formula is C21H31NO3. The number of carbonyl (C=O) groups is 1. The second-order valence-corrected chi connectivity index (χ2v) is 9.32. The van der Waals surface area contributed by atoms with E-state index in [2.05, 4.69) is 19.9 Å². The molecule has 0 aromatic heterocycles. The Hall–Kier alpha value is -1.45. The molecular weight excluding hydrogens is 314 g/mol. The van der Waals surface area contributed by atoms with E-state index < -0.39 is 0 Å². The molecule has 25 heavy (non-hydrogen) atoms. The van der Waals surface area contributed by atoms with Gasteiger partial charge < -0.3 is 15.6 Å². The van der Waals surface area contributed by atoms with Gasteiger partial charge >= 0.3 is 5.97 Å². The highest BCUT2D eigenvalue weighted by Crippen LogP contribution is 2.66. The van der Waals surface area contributed by atoms with E-state index in [1.54, 1.807) is 0 Å². The minimum absolute atomic E-state index is 0.0260. The van der Waals surface area contributed by atoms with Crippen LogP contribution in [0.15, 0.2) is 23.3 Å². The molecule has 0 amide bonds. The quantitative estimate of drug-likeness (QED) is 0.690. The average molecular weight is 345 g/mol. The Morgan fingerprint density at radius 3 is 2.72 bits per heavy atom. The first-order valence-corrected chi connectivity index (χ1v) is 9.83. The van der Waals surface area contributed by atoms with Gasteiger partial charge in [-0.15, -0.1) is 0 Å². The molecule has 4 nitrogen and oxygen atoms in total. The summed E-state index contributed by atoms with van der Waals surface area (Å²) in [5, 5.41) is 9.99. The summed E-state index contributed by atoms with van der Waals surface area (Å²) in [4.78, 5) is 11.5. The molecule has 0 heterocycles. The minimum atomic E-state index is -0.264. The van der Waals surface area contributed by atoms with E-state index in [0.717, 1.165) is 43.6 Å². The van der Waals surface area contributed by atoms with Crippen molar-refractivity contribution in [1.82, 2.24) is 0 Å². The zero-order chi connectivity index (χ0) is 18.0. The van der Waals surface area contributed by atoms with Crippen molar-refractivity contribution < 1.29 is 14.6 Å². The predicted molar refractivity (Wildman–Crippen MR) is 96.2 cm³/mol. The summed E-state index contributed by atoms with van der Waals surface area (Å²) in [5.74, 6) is 3.36. The van der Waals surface area contributed by atoms with Crippen molar-refractivity contribution in [2.24, 2.45) is 40.2 Å². The lowest BCUT2D eigenvalue weighted by atomic mass is 9.46. The largest absolute Gasteiger partial charge is 0.513 e. The number of hydrogen-bond acceptors (Lipinski definition) is 4. The van der Waals surface area contributed by atoms with Crippen LogP contribution in [-0.2, 0) is 9.53 Å². The number of ether oxygens (including phenoxy) is 1. The van der Waals surface area contributed by atoms with Crippen LogP contribution in [0.5, 0.6) is 0 Å². The molecule has 0 aliphatic heterocycles. The molecule has 1 unspecified atom stereocenters. The zero-order valence-electron chi connectivity index (χ0n) is 15.7. The summed E-state index contributed by atoms with van der Waals surface area (Å²) in [6.45, 7) is 6.18. The number of aliphatic hydroxyl groups is 1. The first kappa shape index (κ1) is 17.0. The molecule has 6 atom stereocenters. The van der Waals surface area contributed by atoms with E-state index in [4.69, 9.17) is 10.5 Å². The van der Waals surface area contributed by atoms with Crippen molar-refractivity contribution in [3.8, 4) is 0 Å². The fourth-order valence-electron chi connectivity index (χ4n) is 6.77. The van der Waals surface area contributed by atoms with Gasteiger partial charge in [0.1, 0.15) is 5.76 Å². The highest BCUT2D eigenvalue weighted by Gasteiger charge is 2.59. The summed E-state index contributed by atoms with van der Waals surface area (Å²) in [5.41, 5.74) is 7.56. The van der Waals surface area contributed by atoms with E-state index in [1.807, 2.05) is 0 Å². The van der Waals surface area contributed by atoms with Gasteiger partial charge in [-0.1, -0.05) is 13.8 Å². The lowest BCUT2D eigenvalue weighted by Gasteiger charge is -2.59. The third kappa shape index (κ3) is 2.36. The molecule has 0 saturated heterocycles. The number of fused-ring (bicyclic) bond motifs is 5. The van der Waals surface area contributed by atoms with Crippen molar-refractivity contribution in [2.75, 3.05) is 0 Å². The van der Waals surface area contributed by atoms with E-state index >= 15 is 0 Å². The molecule has 4 aliphatic carbocycles. The van der Waals surface area contributed by atoms with Crippen LogP contribution in [0.25, 0.3) is 0 Å². The molecule has 3 N–H and O–H groups in total. The van der Waals surface area contributed by atoms with Gasteiger partial charge in [0.15, 0.2) is 0 Å². The van der Waals surface area contributed by atoms with Crippen molar-refractivity contribution in [3.63, 3.8) is 0 Å². The molecule has 0 radical (unpaired) electrons. The van der Waals surface area contributed by atoms with Crippen molar-refractivity contribution >= 4 is 5.97 Å². The van der Waals surface area contributed by atoms with Crippen LogP contribution >= 0.6 is 0 Å².